The van der Waals surface area contributed by atoms with E-state index in [1.165, 1.54) is 28.9 Å². The smallest absolute Gasteiger partial charge is 0.320 e. The minimum Gasteiger partial charge on any atom is -0.480 e. The fraction of sp³-hybridized carbons (Fsp3) is 0.429. The molecule has 70 valence electrons. The first-order valence-electron chi connectivity index (χ1n) is 3.75. The maximum absolute atomic E-state index is 11.1. The lowest BCUT2D eigenvalue weighted by Crippen LogP contribution is -2.66. The summed E-state index contributed by atoms with van der Waals surface area (Å²) in [6, 6.07) is -0.545. The number of nitrogens with two attached hydrogens (primary N) is 1. The molecule has 0 aromatic rings. The third kappa shape index (κ3) is 1.13. The van der Waals surface area contributed by atoms with Gasteiger partial charge < -0.3 is 15.7 Å². The Bertz CT molecular complexity index is 304. The van der Waals surface area contributed by atoms with Gasteiger partial charge in [-0.25, -0.2) is 0 Å². The van der Waals surface area contributed by atoms with Crippen molar-refractivity contribution in [3.8, 4) is 0 Å². The Morgan fingerprint density at radius 2 is 2.38 bits per heavy atom. The normalized spacial score (nSPS) is 36.8. The second-order valence-electron chi connectivity index (χ2n) is 2.90. The Morgan fingerprint density at radius 1 is 1.69 bits per heavy atom. The van der Waals surface area contributed by atoms with E-state index < -0.39 is 17.3 Å². The van der Waals surface area contributed by atoms with Crippen molar-refractivity contribution >= 4 is 23.6 Å². The van der Waals surface area contributed by atoms with E-state index in [9.17, 15) is 9.59 Å². The van der Waals surface area contributed by atoms with Gasteiger partial charge in [0.05, 0.1) is 0 Å². The molecule has 1 amide bonds. The number of β-lactam (4-membered cyclic amide) rings is 1. The minimum absolute atomic E-state index is 0.141. The number of thioether (sulfide) groups is 1. The van der Waals surface area contributed by atoms with Crippen LogP contribution in [0.2, 0.25) is 0 Å². The largest absolute Gasteiger partial charge is 0.480 e. The number of nitrogens with zero attached hydrogens (tertiary/aromatic N) is 1. The first kappa shape index (κ1) is 8.58. The Hall–Kier alpha value is -1.01. The maximum Gasteiger partial charge on any atom is 0.320 e. The van der Waals surface area contributed by atoms with Crippen LogP contribution in [0.5, 0.6) is 0 Å². The first-order valence-corrected chi connectivity index (χ1v) is 4.70. The van der Waals surface area contributed by atoms with E-state index in [0.29, 0.717) is 0 Å². The number of fused-ring (bicyclic) bond motifs is 1. The molecular formula is C7H8N2O3S. The molecule has 1 saturated heterocycles. The first-order chi connectivity index (χ1) is 6.11. The zero-order chi connectivity index (χ0) is 9.59. The van der Waals surface area contributed by atoms with Crippen molar-refractivity contribution in [2.24, 2.45) is 5.73 Å². The average molecular weight is 200 g/mol. The topological polar surface area (TPSA) is 83.6 Å². The molecular weight excluding hydrogens is 192 g/mol. The molecule has 2 rings (SSSR count). The molecule has 0 spiro atoms. The predicted molar refractivity (Wildman–Crippen MR) is 46.8 cm³/mol. The summed E-state index contributed by atoms with van der Waals surface area (Å²) in [5, 5.41) is 7.92. The van der Waals surface area contributed by atoms with Gasteiger partial charge in [-0.05, 0) is 6.08 Å². The predicted octanol–water partition coefficient (Wildman–Crippen LogP) is -0.804. The third-order valence-corrected chi connectivity index (χ3v) is 3.52. The number of carbonyl (C=O) groups excluding carboxylic acids is 1. The quantitative estimate of drug-likeness (QED) is 0.541. The van der Waals surface area contributed by atoms with Crippen LogP contribution in [0.25, 0.3) is 0 Å². The number of rotatable bonds is 1. The summed E-state index contributed by atoms with van der Waals surface area (Å²) < 4.78 is 0. The number of carbonyl (C=O) groups is 2. The van der Waals surface area contributed by atoms with Gasteiger partial charge in [0, 0.05) is 6.20 Å². The second kappa shape index (κ2) is 2.74. The highest BCUT2D eigenvalue weighted by Gasteiger charge is 2.47. The Labute approximate surface area is 78.6 Å². The highest BCUT2D eigenvalue weighted by atomic mass is 32.2. The van der Waals surface area contributed by atoms with Crippen molar-refractivity contribution in [2.75, 3.05) is 0 Å². The van der Waals surface area contributed by atoms with Crippen LogP contribution in [0.4, 0.5) is 0 Å². The lowest BCUT2D eigenvalue weighted by atomic mass is 10.1. The number of carboxylic acid groups (broad SMARTS) is 1. The molecule has 0 aromatic carbocycles. The molecule has 3 atom stereocenters. The van der Waals surface area contributed by atoms with Crippen molar-refractivity contribution < 1.29 is 14.7 Å². The van der Waals surface area contributed by atoms with E-state index in [2.05, 4.69) is 0 Å². The van der Waals surface area contributed by atoms with E-state index >= 15 is 0 Å². The minimum atomic E-state index is -0.896. The van der Waals surface area contributed by atoms with Gasteiger partial charge in [0.1, 0.15) is 16.7 Å². The summed E-state index contributed by atoms with van der Waals surface area (Å²) >= 11 is 1.19. The summed E-state index contributed by atoms with van der Waals surface area (Å²) in [6.07, 6.45) is 3.00. The Kier molecular flexibility index (Phi) is 1.81. The van der Waals surface area contributed by atoms with Gasteiger partial charge in [-0.3, -0.25) is 9.59 Å². The summed E-state index contributed by atoms with van der Waals surface area (Å²) in [5.41, 5.74) is 5.50. The van der Waals surface area contributed by atoms with Crippen LogP contribution in [0.3, 0.4) is 0 Å². The van der Waals surface area contributed by atoms with E-state index in [1.807, 2.05) is 0 Å². The molecule has 6 heteroatoms. The SMILES string of the molecule is NC1C(=O)N2C=CC(C(=O)O)S[C@H]12. The third-order valence-electron chi connectivity index (χ3n) is 2.07. The van der Waals surface area contributed by atoms with E-state index in [-0.39, 0.29) is 11.3 Å². The van der Waals surface area contributed by atoms with Gasteiger partial charge in [-0.15, -0.1) is 11.8 Å². The number of aliphatic carboxylic acids is 1. The molecule has 3 N–H and O–H groups in total. The van der Waals surface area contributed by atoms with Crippen LogP contribution in [0, 0.1) is 0 Å². The molecule has 1 fully saturated rings. The van der Waals surface area contributed by atoms with Crippen molar-refractivity contribution in [1.82, 2.24) is 4.90 Å². The van der Waals surface area contributed by atoms with Crippen molar-refractivity contribution in [1.29, 1.82) is 0 Å². The van der Waals surface area contributed by atoms with Crippen LogP contribution in [0.1, 0.15) is 0 Å². The standard InChI is InChI=1S/C7H8N2O3S/c8-4-5(10)9-2-1-3(7(11)12)13-6(4)9/h1-4,6H,8H2,(H,11,12)/t3?,4?,6-/m1/s1. The van der Waals surface area contributed by atoms with Crippen LogP contribution in [-0.2, 0) is 9.59 Å². The van der Waals surface area contributed by atoms with Gasteiger partial charge in [0.25, 0.3) is 0 Å². The maximum atomic E-state index is 11.1. The van der Waals surface area contributed by atoms with Gasteiger partial charge in [-0.2, -0.15) is 0 Å². The molecule has 0 bridgehead atoms. The number of carboxylic acids is 1. The van der Waals surface area contributed by atoms with Gasteiger partial charge >= 0.3 is 5.97 Å². The second-order valence-corrected chi connectivity index (χ2v) is 4.16. The number of amides is 1. The van der Waals surface area contributed by atoms with Gasteiger partial charge in [0.15, 0.2) is 0 Å². The zero-order valence-electron chi connectivity index (χ0n) is 6.58. The monoisotopic (exact) mass is 200 g/mol. The zero-order valence-corrected chi connectivity index (χ0v) is 7.40. The van der Waals surface area contributed by atoms with E-state index in [0.717, 1.165) is 0 Å². The highest BCUT2D eigenvalue weighted by molar-refractivity contribution is 8.01. The summed E-state index contributed by atoms with van der Waals surface area (Å²) in [7, 11) is 0. The fourth-order valence-corrected chi connectivity index (χ4v) is 2.49. The van der Waals surface area contributed by atoms with Crippen LogP contribution >= 0.6 is 11.8 Å². The summed E-state index contributed by atoms with van der Waals surface area (Å²) in [4.78, 5) is 23.1. The average Bonchev–Trinajstić information content (AvgIpc) is 2.15. The van der Waals surface area contributed by atoms with Gasteiger partial charge in [-0.1, -0.05) is 0 Å². The van der Waals surface area contributed by atoms with Gasteiger partial charge in [0.2, 0.25) is 5.91 Å². The highest BCUT2D eigenvalue weighted by Crippen LogP contribution is 2.36. The number of hydrogen-bond acceptors (Lipinski definition) is 4. The lowest BCUT2D eigenvalue weighted by Gasteiger charge is -2.45. The molecule has 2 aliphatic rings. The van der Waals surface area contributed by atoms with E-state index in [4.69, 9.17) is 10.8 Å². The molecule has 0 radical (unpaired) electrons. The molecule has 0 aliphatic carbocycles. The number of hydrogen-bond donors (Lipinski definition) is 2. The van der Waals surface area contributed by atoms with Crippen molar-refractivity contribution in [2.45, 2.75) is 16.7 Å². The molecule has 0 aromatic heterocycles. The van der Waals surface area contributed by atoms with Crippen molar-refractivity contribution in [3.63, 3.8) is 0 Å². The van der Waals surface area contributed by atoms with Crippen LogP contribution in [-0.4, -0.2) is 38.5 Å². The molecule has 13 heavy (non-hydrogen) atoms. The van der Waals surface area contributed by atoms with Crippen molar-refractivity contribution in [3.05, 3.63) is 12.3 Å². The fourth-order valence-electron chi connectivity index (χ4n) is 1.33. The van der Waals surface area contributed by atoms with Crippen LogP contribution < -0.4 is 5.73 Å². The molecule has 2 aliphatic heterocycles. The van der Waals surface area contributed by atoms with E-state index in [1.54, 1.807) is 0 Å². The Morgan fingerprint density at radius 3 is 3.00 bits per heavy atom. The summed E-state index contributed by atoms with van der Waals surface area (Å²) in [6.45, 7) is 0. The summed E-state index contributed by atoms with van der Waals surface area (Å²) in [5.74, 6) is -1.04. The molecule has 2 heterocycles. The molecule has 5 nitrogen and oxygen atoms in total. The molecule has 2 unspecified atom stereocenters. The van der Waals surface area contributed by atoms with Crippen LogP contribution in [0.15, 0.2) is 12.3 Å². The lowest BCUT2D eigenvalue weighted by molar-refractivity contribution is -0.141. The Balaban J connectivity index is 2.14. The molecule has 0 saturated carbocycles.